The molecule has 5 N–H and O–H groups in total. The summed E-state index contributed by atoms with van der Waals surface area (Å²) in [6.45, 7) is 5.28. The van der Waals surface area contributed by atoms with E-state index in [0.717, 1.165) is 16.7 Å². The number of benzene rings is 1. The minimum Gasteiger partial charge on any atom is -0.393 e. The summed E-state index contributed by atoms with van der Waals surface area (Å²) < 4.78 is 0. The number of hydrogen-bond acceptors (Lipinski definition) is 4. The summed E-state index contributed by atoms with van der Waals surface area (Å²) in [4.78, 5) is 0. The molecular weight excluding hydrogens is 228 g/mol. The molecular formula is C14H24N2O2. The third-order valence-corrected chi connectivity index (χ3v) is 2.78. The second kappa shape index (κ2) is 7.48. The zero-order chi connectivity index (χ0) is 13.5. The van der Waals surface area contributed by atoms with Crippen LogP contribution in [0.2, 0.25) is 0 Å². The van der Waals surface area contributed by atoms with Gasteiger partial charge in [0.25, 0.3) is 0 Å². The van der Waals surface area contributed by atoms with Crippen molar-refractivity contribution in [1.29, 1.82) is 0 Å². The van der Waals surface area contributed by atoms with Crippen LogP contribution in [0.1, 0.15) is 30.5 Å². The quantitative estimate of drug-likeness (QED) is 0.571. The fraction of sp³-hybridized carbons (Fsp3) is 0.571. The molecule has 0 aliphatic carbocycles. The second-order valence-corrected chi connectivity index (χ2v) is 4.84. The van der Waals surface area contributed by atoms with Gasteiger partial charge in [0.1, 0.15) is 0 Å². The molecule has 0 bridgehead atoms. The van der Waals surface area contributed by atoms with Gasteiger partial charge in [-0.3, -0.25) is 0 Å². The summed E-state index contributed by atoms with van der Waals surface area (Å²) in [6, 6.07) is 6.09. The fourth-order valence-corrected chi connectivity index (χ4v) is 1.93. The van der Waals surface area contributed by atoms with Crippen LogP contribution in [0.4, 0.5) is 0 Å². The first-order valence-corrected chi connectivity index (χ1v) is 6.40. The van der Waals surface area contributed by atoms with Gasteiger partial charge < -0.3 is 21.3 Å². The Labute approximate surface area is 109 Å². The van der Waals surface area contributed by atoms with Crippen molar-refractivity contribution >= 4 is 0 Å². The van der Waals surface area contributed by atoms with Crippen LogP contribution in [0.5, 0.6) is 0 Å². The van der Waals surface area contributed by atoms with Gasteiger partial charge in [-0.15, -0.1) is 0 Å². The van der Waals surface area contributed by atoms with E-state index in [2.05, 4.69) is 11.4 Å². The lowest BCUT2D eigenvalue weighted by atomic mass is 10.0. The van der Waals surface area contributed by atoms with Crippen molar-refractivity contribution in [3.05, 3.63) is 34.9 Å². The first-order chi connectivity index (χ1) is 8.52. The Hall–Kier alpha value is -0.940. The van der Waals surface area contributed by atoms with E-state index in [9.17, 15) is 10.2 Å². The first kappa shape index (κ1) is 15.1. The summed E-state index contributed by atoms with van der Waals surface area (Å²) in [7, 11) is 0. The van der Waals surface area contributed by atoms with Crippen molar-refractivity contribution < 1.29 is 10.2 Å². The third kappa shape index (κ3) is 5.14. The minimum absolute atomic E-state index is 0.341. The lowest BCUT2D eigenvalue weighted by Crippen LogP contribution is -2.24. The lowest BCUT2D eigenvalue weighted by molar-refractivity contribution is 0.191. The Bertz CT molecular complexity index is 365. The first-order valence-electron chi connectivity index (χ1n) is 6.40. The minimum atomic E-state index is -0.355. The van der Waals surface area contributed by atoms with Gasteiger partial charge in [0, 0.05) is 19.6 Å². The summed E-state index contributed by atoms with van der Waals surface area (Å²) in [5.41, 5.74) is 9.05. The summed E-state index contributed by atoms with van der Waals surface area (Å²) in [5, 5.41) is 21.8. The molecule has 4 heteroatoms. The van der Waals surface area contributed by atoms with Gasteiger partial charge in [-0.1, -0.05) is 18.2 Å². The van der Waals surface area contributed by atoms with Crippen molar-refractivity contribution in [2.75, 3.05) is 6.54 Å². The van der Waals surface area contributed by atoms with Crippen LogP contribution in [0.25, 0.3) is 0 Å². The Morgan fingerprint density at radius 1 is 1.17 bits per heavy atom. The molecule has 0 saturated heterocycles. The van der Waals surface area contributed by atoms with Gasteiger partial charge in [0.2, 0.25) is 0 Å². The largest absolute Gasteiger partial charge is 0.393 e. The molecule has 0 radical (unpaired) electrons. The molecule has 0 aliphatic rings. The number of nitrogens with one attached hydrogen (secondary N) is 1. The normalized spacial score (nSPS) is 14.5. The van der Waals surface area contributed by atoms with Gasteiger partial charge in [-0.05, 0) is 37.0 Å². The van der Waals surface area contributed by atoms with Crippen LogP contribution in [0.15, 0.2) is 18.2 Å². The maximum absolute atomic E-state index is 9.40. The summed E-state index contributed by atoms with van der Waals surface area (Å²) >= 11 is 0. The molecule has 2 unspecified atom stereocenters. The SMILES string of the molecule is CC(O)CNCc1cc(CC(C)O)ccc1CN. The molecule has 102 valence electrons. The van der Waals surface area contributed by atoms with Gasteiger partial charge in [0.15, 0.2) is 0 Å². The average molecular weight is 252 g/mol. The molecule has 0 aromatic heterocycles. The Morgan fingerprint density at radius 2 is 1.89 bits per heavy atom. The van der Waals surface area contributed by atoms with Gasteiger partial charge in [0.05, 0.1) is 12.2 Å². The number of nitrogens with two attached hydrogens (primary N) is 1. The molecule has 0 spiro atoms. The van der Waals surface area contributed by atoms with Crippen LogP contribution < -0.4 is 11.1 Å². The third-order valence-electron chi connectivity index (χ3n) is 2.78. The molecule has 1 aromatic rings. The van der Waals surface area contributed by atoms with Crippen LogP contribution in [-0.4, -0.2) is 29.0 Å². The predicted octanol–water partition coefficient (Wildman–Crippen LogP) is 0.539. The molecule has 0 heterocycles. The van der Waals surface area contributed by atoms with E-state index in [1.165, 1.54) is 0 Å². The highest BCUT2D eigenvalue weighted by atomic mass is 16.3. The van der Waals surface area contributed by atoms with Crippen molar-refractivity contribution in [3.63, 3.8) is 0 Å². The van der Waals surface area contributed by atoms with E-state index in [1.54, 1.807) is 13.8 Å². The smallest absolute Gasteiger partial charge is 0.0636 e. The van der Waals surface area contributed by atoms with Crippen LogP contribution >= 0.6 is 0 Å². The summed E-state index contributed by atoms with van der Waals surface area (Å²) in [5.74, 6) is 0. The maximum Gasteiger partial charge on any atom is 0.0636 e. The Kier molecular flexibility index (Phi) is 6.29. The number of aliphatic hydroxyl groups is 2. The predicted molar refractivity (Wildman–Crippen MR) is 73.1 cm³/mol. The van der Waals surface area contributed by atoms with E-state index in [4.69, 9.17) is 5.73 Å². The van der Waals surface area contributed by atoms with Crippen LogP contribution in [0, 0.1) is 0 Å². The van der Waals surface area contributed by atoms with E-state index < -0.39 is 0 Å². The lowest BCUT2D eigenvalue weighted by Gasteiger charge is -2.13. The fourth-order valence-electron chi connectivity index (χ4n) is 1.93. The highest BCUT2D eigenvalue weighted by Gasteiger charge is 2.05. The maximum atomic E-state index is 9.40. The van der Waals surface area contributed by atoms with E-state index in [0.29, 0.717) is 26.1 Å². The Morgan fingerprint density at radius 3 is 2.44 bits per heavy atom. The standard InChI is InChI=1S/C14H24N2O2/c1-10(17)5-12-3-4-13(7-15)14(6-12)9-16-8-11(2)18/h3-4,6,10-11,16-18H,5,7-9,15H2,1-2H3. The molecule has 1 aromatic carbocycles. The van der Waals surface area contributed by atoms with Gasteiger partial charge in [-0.25, -0.2) is 0 Å². The molecule has 0 amide bonds. The van der Waals surface area contributed by atoms with Crippen molar-refractivity contribution in [1.82, 2.24) is 5.32 Å². The molecule has 18 heavy (non-hydrogen) atoms. The number of hydrogen-bond donors (Lipinski definition) is 4. The highest BCUT2D eigenvalue weighted by Crippen LogP contribution is 2.13. The molecule has 0 saturated carbocycles. The van der Waals surface area contributed by atoms with Crippen LogP contribution in [-0.2, 0) is 19.5 Å². The van der Waals surface area contributed by atoms with Crippen molar-refractivity contribution in [2.24, 2.45) is 5.73 Å². The number of aliphatic hydroxyl groups excluding tert-OH is 2. The molecule has 1 rings (SSSR count). The van der Waals surface area contributed by atoms with Crippen LogP contribution in [0.3, 0.4) is 0 Å². The number of rotatable bonds is 7. The Balaban J connectivity index is 2.72. The average Bonchev–Trinajstić information content (AvgIpc) is 2.28. The molecule has 4 nitrogen and oxygen atoms in total. The van der Waals surface area contributed by atoms with Gasteiger partial charge in [-0.2, -0.15) is 0 Å². The zero-order valence-electron chi connectivity index (χ0n) is 11.2. The van der Waals surface area contributed by atoms with Gasteiger partial charge >= 0.3 is 0 Å². The molecule has 2 atom stereocenters. The van der Waals surface area contributed by atoms with E-state index in [1.807, 2.05) is 12.1 Å². The van der Waals surface area contributed by atoms with E-state index in [-0.39, 0.29) is 12.2 Å². The second-order valence-electron chi connectivity index (χ2n) is 4.84. The van der Waals surface area contributed by atoms with Crippen molar-refractivity contribution in [2.45, 2.75) is 45.6 Å². The summed E-state index contributed by atoms with van der Waals surface area (Å²) in [6.07, 6.45) is -0.0483. The van der Waals surface area contributed by atoms with E-state index >= 15 is 0 Å². The molecule has 0 fully saturated rings. The topological polar surface area (TPSA) is 78.5 Å². The molecule has 0 aliphatic heterocycles. The van der Waals surface area contributed by atoms with Crippen molar-refractivity contribution in [3.8, 4) is 0 Å². The zero-order valence-corrected chi connectivity index (χ0v) is 11.2. The monoisotopic (exact) mass is 252 g/mol. The highest BCUT2D eigenvalue weighted by molar-refractivity contribution is 5.32.